The van der Waals surface area contributed by atoms with Gasteiger partial charge in [-0.2, -0.15) is 0 Å². The second kappa shape index (κ2) is 7.48. The topological polar surface area (TPSA) is 33.7 Å². The number of nitrogens with zero attached hydrogens (tertiary/aromatic N) is 1. The maximum atomic E-state index is 5.63. The molecular formula is C17H26N2O2. The number of hydrogen-bond donors (Lipinski definition) is 1. The maximum absolute atomic E-state index is 5.63. The van der Waals surface area contributed by atoms with Gasteiger partial charge in [-0.15, -0.1) is 6.58 Å². The average Bonchev–Trinajstić information content (AvgIpc) is 2.53. The molecule has 0 amide bonds. The maximum Gasteiger partial charge on any atom is 0.127 e. The third kappa shape index (κ3) is 3.57. The zero-order valence-electron chi connectivity index (χ0n) is 13.3. The molecule has 0 radical (unpaired) electrons. The highest BCUT2D eigenvalue weighted by atomic mass is 16.5. The van der Waals surface area contributed by atoms with Gasteiger partial charge in [0.15, 0.2) is 0 Å². The molecule has 2 rings (SSSR count). The second-order valence-electron chi connectivity index (χ2n) is 5.41. The van der Waals surface area contributed by atoms with Crippen molar-refractivity contribution in [1.82, 2.24) is 10.2 Å². The number of rotatable bonds is 6. The van der Waals surface area contributed by atoms with Gasteiger partial charge in [-0.05, 0) is 31.0 Å². The van der Waals surface area contributed by atoms with E-state index in [4.69, 9.17) is 9.47 Å². The van der Waals surface area contributed by atoms with E-state index in [9.17, 15) is 0 Å². The lowest BCUT2D eigenvalue weighted by atomic mass is 9.97. The molecule has 1 heterocycles. The molecule has 0 bridgehead atoms. The van der Waals surface area contributed by atoms with Crippen LogP contribution in [0.2, 0.25) is 0 Å². The summed E-state index contributed by atoms with van der Waals surface area (Å²) in [6.07, 6.45) is 2.86. The van der Waals surface area contributed by atoms with Crippen molar-refractivity contribution in [2.75, 3.05) is 40.4 Å². The Morgan fingerprint density at radius 2 is 1.81 bits per heavy atom. The van der Waals surface area contributed by atoms with Crippen LogP contribution in [0.4, 0.5) is 0 Å². The highest BCUT2D eigenvalue weighted by Gasteiger charge is 2.27. The van der Waals surface area contributed by atoms with E-state index in [0.29, 0.717) is 0 Å². The van der Waals surface area contributed by atoms with Crippen LogP contribution in [0.5, 0.6) is 11.5 Å². The molecule has 0 spiro atoms. The van der Waals surface area contributed by atoms with E-state index in [1.54, 1.807) is 14.2 Å². The summed E-state index contributed by atoms with van der Waals surface area (Å²) in [7, 11) is 3.45. The Bertz CT molecular complexity index is 457. The molecule has 1 fully saturated rings. The average molecular weight is 290 g/mol. The van der Waals surface area contributed by atoms with Crippen LogP contribution in [0.25, 0.3) is 0 Å². The number of piperazine rings is 1. The number of benzene rings is 1. The Labute approximate surface area is 127 Å². The molecule has 0 aromatic heterocycles. The van der Waals surface area contributed by atoms with Gasteiger partial charge in [-0.25, -0.2) is 0 Å². The van der Waals surface area contributed by atoms with Crippen molar-refractivity contribution in [3.05, 3.63) is 35.9 Å². The molecule has 1 atom stereocenters. The molecule has 0 unspecified atom stereocenters. The molecule has 1 aliphatic heterocycles. The fourth-order valence-corrected chi connectivity index (χ4v) is 3.00. The summed E-state index contributed by atoms with van der Waals surface area (Å²) in [6.45, 7) is 10.1. The Hall–Kier alpha value is -1.52. The van der Waals surface area contributed by atoms with Gasteiger partial charge in [0.25, 0.3) is 0 Å². The first-order valence-corrected chi connectivity index (χ1v) is 7.49. The summed E-state index contributed by atoms with van der Waals surface area (Å²) < 4.78 is 11.3. The number of nitrogens with one attached hydrogen (secondary N) is 1. The first kappa shape index (κ1) is 15.9. The third-order valence-corrected chi connectivity index (χ3v) is 4.00. The number of ether oxygens (including phenoxy) is 2. The molecule has 4 nitrogen and oxygen atoms in total. The summed E-state index contributed by atoms with van der Waals surface area (Å²) >= 11 is 0. The van der Waals surface area contributed by atoms with Crippen molar-refractivity contribution in [2.24, 2.45) is 0 Å². The van der Waals surface area contributed by atoms with E-state index in [2.05, 4.69) is 35.9 Å². The van der Waals surface area contributed by atoms with E-state index in [1.165, 1.54) is 0 Å². The van der Waals surface area contributed by atoms with Crippen molar-refractivity contribution in [3.63, 3.8) is 0 Å². The van der Waals surface area contributed by atoms with Crippen LogP contribution < -0.4 is 14.8 Å². The molecule has 0 saturated carbocycles. The zero-order valence-corrected chi connectivity index (χ0v) is 13.3. The molecule has 1 aromatic carbocycles. The molecule has 1 N–H and O–H groups in total. The highest BCUT2D eigenvalue weighted by Crippen LogP contribution is 2.40. The van der Waals surface area contributed by atoms with Gasteiger partial charge in [-0.1, -0.05) is 6.08 Å². The van der Waals surface area contributed by atoms with Crippen LogP contribution >= 0.6 is 0 Å². The van der Waals surface area contributed by atoms with Gasteiger partial charge < -0.3 is 14.8 Å². The van der Waals surface area contributed by atoms with Crippen molar-refractivity contribution >= 4 is 0 Å². The first-order valence-electron chi connectivity index (χ1n) is 7.49. The monoisotopic (exact) mass is 290 g/mol. The summed E-state index contributed by atoms with van der Waals surface area (Å²) in [5.74, 6) is 1.80. The summed E-state index contributed by atoms with van der Waals surface area (Å²) in [5, 5.41) is 3.40. The van der Waals surface area contributed by atoms with E-state index < -0.39 is 0 Å². The normalized spacial score (nSPS) is 17.3. The van der Waals surface area contributed by atoms with Gasteiger partial charge in [0.2, 0.25) is 0 Å². The van der Waals surface area contributed by atoms with E-state index in [-0.39, 0.29) is 6.04 Å². The smallest absolute Gasteiger partial charge is 0.127 e. The predicted octanol–water partition coefficient (Wildman–Crippen LogP) is 2.53. The molecule has 21 heavy (non-hydrogen) atoms. The van der Waals surface area contributed by atoms with Crippen molar-refractivity contribution < 1.29 is 9.47 Å². The molecule has 116 valence electrons. The standard InChI is InChI=1S/C17H26N2O2/c1-5-6-14(19-9-7-18-8-10-19)17-15(20-3)11-13(2)12-16(17)21-4/h5,11-12,14,18H,1,6-10H2,2-4H3/t14-/m1/s1. The first-order chi connectivity index (χ1) is 10.2. The van der Waals surface area contributed by atoms with Crippen molar-refractivity contribution in [3.8, 4) is 11.5 Å². The minimum absolute atomic E-state index is 0.245. The molecule has 0 aliphatic carbocycles. The fourth-order valence-electron chi connectivity index (χ4n) is 3.00. The van der Waals surface area contributed by atoms with Crippen molar-refractivity contribution in [2.45, 2.75) is 19.4 Å². The van der Waals surface area contributed by atoms with E-state index in [1.807, 2.05) is 6.08 Å². The summed E-state index contributed by atoms with van der Waals surface area (Å²) in [5.41, 5.74) is 2.28. The van der Waals surface area contributed by atoms with Gasteiger partial charge >= 0.3 is 0 Å². The Morgan fingerprint density at radius 1 is 1.24 bits per heavy atom. The lowest BCUT2D eigenvalue weighted by molar-refractivity contribution is 0.168. The predicted molar refractivity (Wildman–Crippen MR) is 86.3 cm³/mol. The van der Waals surface area contributed by atoms with Gasteiger partial charge in [-0.3, -0.25) is 4.90 Å². The lowest BCUT2D eigenvalue weighted by Gasteiger charge is -2.36. The number of aryl methyl sites for hydroxylation is 1. The van der Waals surface area contributed by atoms with Crippen LogP contribution in [0.3, 0.4) is 0 Å². The molecule has 4 heteroatoms. The van der Waals surface area contributed by atoms with Crippen LogP contribution in [-0.2, 0) is 0 Å². The zero-order chi connectivity index (χ0) is 15.2. The number of hydrogen-bond acceptors (Lipinski definition) is 4. The van der Waals surface area contributed by atoms with Gasteiger partial charge in [0.1, 0.15) is 11.5 Å². The second-order valence-corrected chi connectivity index (χ2v) is 5.41. The SMILES string of the molecule is C=CC[C@H](c1c(OC)cc(C)cc1OC)N1CCNCC1. The van der Waals surface area contributed by atoms with Crippen LogP contribution in [-0.4, -0.2) is 45.3 Å². The minimum atomic E-state index is 0.245. The van der Waals surface area contributed by atoms with E-state index >= 15 is 0 Å². The molecular weight excluding hydrogens is 264 g/mol. The largest absolute Gasteiger partial charge is 0.496 e. The lowest BCUT2D eigenvalue weighted by Crippen LogP contribution is -2.45. The van der Waals surface area contributed by atoms with Gasteiger partial charge in [0.05, 0.1) is 19.8 Å². The van der Waals surface area contributed by atoms with Crippen LogP contribution in [0.15, 0.2) is 24.8 Å². The van der Waals surface area contributed by atoms with E-state index in [0.717, 1.165) is 55.2 Å². The minimum Gasteiger partial charge on any atom is -0.496 e. The summed E-state index contributed by atoms with van der Waals surface area (Å²) in [4.78, 5) is 2.48. The van der Waals surface area contributed by atoms with Crippen molar-refractivity contribution in [1.29, 1.82) is 0 Å². The molecule has 1 aromatic rings. The molecule has 1 saturated heterocycles. The molecule has 1 aliphatic rings. The summed E-state index contributed by atoms with van der Waals surface area (Å²) in [6, 6.07) is 4.40. The third-order valence-electron chi connectivity index (χ3n) is 4.00. The Morgan fingerprint density at radius 3 is 2.29 bits per heavy atom. The van der Waals surface area contributed by atoms with Crippen LogP contribution in [0.1, 0.15) is 23.6 Å². The quantitative estimate of drug-likeness (QED) is 0.816. The van der Waals surface area contributed by atoms with Crippen LogP contribution in [0, 0.1) is 6.92 Å². The Kier molecular flexibility index (Phi) is 5.65. The number of methoxy groups -OCH3 is 2. The Balaban J connectivity index is 2.44. The fraction of sp³-hybridized carbons (Fsp3) is 0.529. The van der Waals surface area contributed by atoms with Gasteiger partial charge in [0, 0.05) is 32.2 Å². The highest BCUT2D eigenvalue weighted by molar-refractivity contribution is 5.50.